The summed E-state index contributed by atoms with van der Waals surface area (Å²) >= 11 is 0. The van der Waals surface area contributed by atoms with Crippen molar-refractivity contribution in [3.63, 3.8) is 0 Å². The van der Waals surface area contributed by atoms with E-state index in [4.69, 9.17) is 0 Å². The Morgan fingerprint density at radius 1 is 1.25 bits per heavy atom. The van der Waals surface area contributed by atoms with Crippen LogP contribution in [0.25, 0.3) is 10.9 Å². The number of anilines is 1. The third-order valence-electron chi connectivity index (χ3n) is 3.27. The molecular weight excluding hydrogens is 200 g/mol. The fourth-order valence-electron chi connectivity index (χ4n) is 2.42. The van der Waals surface area contributed by atoms with Gasteiger partial charge in [0.2, 0.25) is 5.91 Å². The number of hydrogen-bond donors (Lipinski definition) is 0. The molecule has 3 nitrogen and oxygen atoms in total. The van der Waals surface area contributed by atoms with Crippen molar-refractivity contribution in [2.45, 2.75) is 12.8 Å². The van der Waals surface area contributed by atoms with Gasteiger partial charge in [-0.3, -0.25) is 4.79 Å². The van der Waals surface area contributed by atoms with E-state index in [9.17, 15) is 4.79 Å². The minimum absolute atomic E-state index is 0.247. The molecule has 1 saturated heterocycles. The third kappa shape index (κ3) is 1.24. The molecule has 1 aliphatic rings. The smallest absolute Gasteiger partial charge is 0.227 e. The van der Waals surface area contributed by atoms with E-state index in [0.717, 1.165) is 18.7 Å². The normalized spacial score (nSPS) is 16.3. The highest BCUT2D eigenvalue weighted by Gasteiger charge is 2.23. The third-order valence-corrected chi connectivity index (χ3v) is 3.27. The Hall–Kier alpha value is -1.77. The maximum Gasteiger partial charge on any atom is 0.227 e. The fraction of sp³-hybridized carbons (Fsp3) is 0.308. The molecule has 1 aromatic carbocycles. The number of aromatic nitrogens is 1. The van der Waals surface area contributed by atoms with Crippen LogP contribution in [0.5, 0.6) is 0 Å². The molecule has 1 fully saturated rings. The summed E-state index contributed by atoms with van der Waals surface area (Å²) in [6.45, 7) is 0.854. The van der Waals surface area contributed by atoms with Gasteiger partial charge in [0.1, 0.15) is 0 Å². The topological polar surface area (TPSA) is 25.2 Å². The monoisotopic (exact) mass is 214 g/mol. The summed E-state index contributed by atoms with van der Waals surface area (Å²) in [5.41, 5.74) is 2.23. The summed E-state index contributed by atoms with van der Waals surface area (Å²) in [5.74, 6) is 0.247. The zero-order chi connectivity index (χ0) is 11.1. The summed E-state index contributed by atoms with van der Waals surface area (Å²) in [4.78, 5) is 13.6. The molecule has 0 spiro atoms. The summed E-state index contributed by atoms with van der Waals surface area (Å²) < 4.78 is 2.08. The SMILES string of the molecule is Cn1ccc2c(N3CCCC3=O)cccc21. The molecule has 1 aliphatic heterocycles. The molecule has 0 saturated carbocycles. The lowest BCUT2D eigenvalue weighted by Crippen LogP contribution is -2.23. The molecule has 1 aromatic heterocycles. The van der Waals surface area contributed by atoms with Gasteiger partial charge in [0, 0.05) is 37.1 Å². The Balaban J connectivity index is 2.19. The molecule has 3 rings (SSSR count). The minimum Gasteiger partial charge on any atom is -0.350 e. The average Bonchev–Trinajstić information content (AvgIpc) is 2.86. The van der Waals surface area contributed by atoms with Crippen molar-refractivity contribution in [2.75, 3.05) is 11.4 Å². The summed E-state index contributed by atoms with van der Waals surface area (Å²) in [7, 11) is 2.03. The molecule has 82 valence electrons. The van der Waals surface area contributed by atoms with Crippen molar-refractivity contribution in [3.8, 4) is 0 Å². The van der Waals surface area contributed by atoms with Crippen LogP contribution in [-0.2, 0) is 11.8 Å². The lowest BCUT2D eigenvalue weighted by Gasteiger charge is -2.16. The summed E-state index contributed by atoms with van der Waals surface area (Å²) in [6.07, 6.45) is 3.69. The van der Waals surface area contributed by atoms with Crippen molar-refractivity contribution in [1.82, 2.24) is 4.57 Å². The molecule has 2 heterocycles. The van der Waals surface area contributed by atoms with Gasteiger partial charge in [-0.1, -0.05) is 6.07 Å². The number of hydrogen-bond acceptors (Lipinski definition) is 1. The van der Waals surface area contributed by atoms with Gasteiger partial charge in [0.05, 0.1) is 5.69 Å². The minimum atomic E-state index is 0.247. The van der Waals surface area contributed by atoms with Gasteiger partial charge in [-0.2, -0.15) is 0 Å². The number of fused-ring (bicyclic) bond motifs is 1. The first-order valence-electron chi connectivity index (χ1n) is 5.62. The molecule has 0 aliphatic carbocycles. The number of rotatable bonds is 1. The lowest BCUT2D eigenvalue weighted by molar-refractivity contribution is -0.117. The number of amides is 1. The van der Waals surface area contributed by atoms with Crippen molar-refractivity contribution < 1.29 is 4.79 Å². The van der Waals surface area contributed by atoms with E-state index < -0.39 is 0 Å². The predicted molar refractivity (Wildman–Crippen MR) is 64.5 cm³/mol. The van der Waals surface area contributed by atoms with Crippen LogP contribution in [-0.4, -0.2) is 17.0 Å². The van der Waals surface area contributed by atoms with Crippen LogP contribution in [0.3, 0.4) is 0 Å². The first kappa shape index (κ1) is 9.46. The molecule has 0 atom stereocenters. The van der Waals surface area contributed by atoms with Crippen molar-refractivity contribution in [1.29, 1.82) is 0 Å². The summed E-state index contributed by atoms with van der Waals surface area (Å²) in [5, 5.41) is 1.17. The van der Waals surface area contributed by atoms with Gasteiger partial charge < -0.3 is 9.47 Å². The highest BCUT2D eigenvalue weighted by Crippen LogP contribution is 2.30. The number of carbonyl (C=O) groups excluding carboxylic acids is 1. The van der Waals surface area contributed by atoms with E-state index in [-0.39, 0.29) is 5.91 Å². The van der Waals surface area contributed by atoms with Gasteiger partial charge in [-0.05, 0) is 24.6 Å². The largest absolute Gasteiger partial charge is 0.350 e. The average molecular weight is 214 g/mol. The zero-order valence-corrected chi connectivity index (χ0v) is 9.31. The van der Waals surface area contributed by atoms with Crippen LogP contribution in [0.4, 0.5) is 5.69 Å². The fourth-order valence-corrected chi connectivity index (χ4v) is 2.42. The first-order chi connectivity index (χ1) is 7.77. The van der Waals surface area contributed by atoms with E-state index in [1.165, 1.54) is 10.9 Å². The molecule has 2 aromatic rings. The highest BCUT2D eigenvalue weighted by atomic mass is 16.2. The highest BCUT2D eigenvalue weighted by molar-refractivity contribution is 6.04. The maximum atomic E-state index is 11.7. The van der Waals surface area contributed by atoms with Gasteiger partial charge in [-0.15, -0.1) is 0 Å². The predicted octanol–water partition coefficient (Wildman–Crippen LogP) is 2.31. The van der Waals surface area contributed by atoms with Gasteiger partial charge >= 0.3 is 0 Å². The first-order valence-corrected chi connectivity index (χ1v) is 5.62. The molecule has 16 heavy (non-hydrogen) atoms. The quantitative estimate of drug-likeness (QED) is 0.715. The molecule has 0 unspecified atom stereocenters. The number of benzene rings is 1. The maximum absolute atomic E-state index is 11.7. The van der Waals surface area contributed by atoms with Gasteiger partial charge in [-0.25, -0.2) is 0 Å². The number of nitrogens with zero attached hydrogens (tertiary/aromatic N) is 2. The van der Waals surface area contributed by atoms with Crippen LogP contribution >= 0.6 is 0 Å². The molecular formula is C13H14N2O. The molecule has 0 N–H and O–H groups in total. The Morgan fingerprint density at radius 2 is 2.12 bits per heavy atom. The van der Waals surface area contributed by atoms with Crippen molar-refractivity contribution >= 4 is 22.5 Å². The van der Waals surface area contributed by atoms with Crippen LogP contribution < -0.4 is 4.90 Å². The van der Waals surface area contributed by atoms with E-state index in [0.29, 0.717) is 6.42 Å². The molecule has 0 bridgehead atoms. The van der Waals surface area contributed by atoms with Crippen LogP contribution in [0.15, 0.2) is 30.5 Å². The molecule has 3 heteroatoms. The Kier molecular flexibility index (Phi) is 1.99. The standard InChI is InChI=1S/C13H14N2O/c1-14-9-7-10-11(14)4-2-5-12(10)15-8-3-6-13(15)16/h2,4-5,7,9H,3,6,8H2,1H3. The van der Waals surface area contributed by atoms with Crippen LogP contribution in [0.2, 0.25) is 0 Å². The lowest BCUT2D eigenvalue weighted by atomic mass is 10.2. The zero-order valence-electron chi connectivity index (χ0n) is 9.31. The Labute approximate surface area is 94.3 Å². The second-order valence-corrected chi connectivity index (χ2v) is 4.29. The second-order valence-electron chi connectivity index (χ2n) is 4.29. The van der Waals surface area contributed by atoms with Crippen molar-refractivity contribution in [2.24, 2.45) is 7.05 Å². The molecule has 1 amide bonds. The second kappa shape index (κ2) is 3.37. The van der Waals surface area contributed by atoms with Crippen LogP contribution in [0.1, 0.15) is 12.8 Å². The van der Waals surface area contributed by atoms with Gasteiger partial charge in [0.25, 0.3) is 0 Å². The van der Waals surface area contributed by atoms with Crippen molar-refractivity contribution in [3.05, 3.63) is 30.5 Å². The number of aryl methyl sites for hydroxylation is 1. The van der Waals surface area contributed by atoms with E-state index in [1.807, 2.05) is 30.3 Å². The van der Waals surface area contributed by atoms with Gasteiger partial charge in [0.15, 0.2) is 0 Å². The van der Waals surface area contributed by atoms with E-state index in [1.54, 1.807) is 0 Å². The van der Waals surface area contributed by atoms with Crippen LogP contribution in [0, 0.1) is 0 Å². The van der Waals surface area contributed by atoms with E-state index in [2.05, 4.69) is 16.7 Å². The Bertz CT molecular complexity index is 556. The Morgan fingerprint density at radius 3 is 2.88 bits per heavy atom. The molecule has 0 radical (unpaired) electrons. The number of carbonyl (C=O) groups is 1. The van der Waals surface area contributed by atoms with E-state index >= 15 is 0 Å². The summed E-state index contributed by atoms with van der Waals surface area (Å²) in [6, 6.07) is 8.21.